The van der Waals surface area contributed by atoms with Gasteiger partial charge in [0.05, 0.1) is 6.61 Å². The number of rotatable bonds is 4. The molecule has 0 saturated heterocycles. The summed E-state index contributed by atoms with van der Waals surface area (Å²) in [5, 5.41) is 0.968. The number of esters is 1. The molecule has 0 bridgehead atoms. The van der Waals surface area contributed by atoms with E-state index in [1.807, 2.05) is 24.3 Å². The zero-order chi connectivity index (χ0) is 13.8. The molecule has 5 heteroatoms. The second-order valence-corrected chi connectivity index (χ2v) is 4.24. The minimum absolute atomic E-state index is 0.0535. The van der Waals surface area contributed by atoms with E-state index < -0.39 is 5.97 Å². The second kappa shape index (κ2) is 5.56. The predicted molar refractivity (Wildman–Crippen MR) is 71.9 cm³/mol. The largest absolute Gasteiger partial charge is 0.465 e. The fourth-order valence-electron chi connectivity index (χ4n) is 1.87. The molecule has 1 amide bonds. The summed E-state index contributed by atoms with van der Waals surface area (Å²) in [7, 11) is 1.57. The summed E-state index contributed by atoms with van der Waals surface area (Å²) in [5.74, 6) is -0.640. The number of H-pyrrole nitrogens is 1. The molecule has 1 aromatic carbocycles. The minimum Gasteiger partial charge on any atom is -0.465 e. The Morgan fingerprint density at radius 2 is 2.05 bits per heavy atom. The Bertz CT molecular complexity index is 571. The van der Waals surface area contributed by atoms with Crippen LogP contribution in [0.5, 0.6) is 0 Å². The summed E-state index contributed by atoms with van der Waals surface area (Å²) in [6.07, 6.45) is 0. The van der Waals surface area contributed by atoms with Gasteiger partial charge >= 0.3 is 5.97 Å². The standard InChI is InChI=1S/C14H16N2O3/c1-3-19-13(17)9-16(2)14(18)12-8-10-6-4-5-7-11(10)15-12/h4-8,15H,3,9H2,1-2H3. The van der Waals surface area contributed by atoms with Crippen LogP contribution in [-0.2, 0) is 9.53 Å². The molecule has 1 heterocycles. The van der Waals surface area contributed by atoms with Gasteiger partial charge in [-0.25, -0.2) is 0 Å². The van der Waals surface area contributed by atoms with Crippen LogP contribution in [-0.4, -0.2) is 42.0 Å². The number of aromatic nitrogens is 1. The molecule has 0 radical (unpaired) electrons. The topological polar surface area (TPSA) is 62.4 Å². The third-order valence-electron chi connectivity index (χ3n) is 2.78. The monoisotopic (exact) mass is 260 g/mol. The van der Waals surface area contributed by atoms with E-state index in [0.29, 0.717) is 12.3 Å². The van der Waals surface area contributed by atoms with Gasteiger partial charge in [-0.1, -0.05) is 18.2 Å². The third-order valence-corrected chi connectivity index (χ3v) is 2.78. The number of benzene rings is 1. The van der Waals surface area contributed by atoms with Crippen LogP contribution < -0.4 is 0 Å². The first-order chi connectivity index (χ1) is 9.11. The summed E-state index contributed by atoms with van der Waals surface area (Å²) < 4.78 is 4.81. The molecule has 5 nitrogen and oxygen atoms in total. The van der Waals surface area contributed by atoms with Crippen LogP contribution in [0.2, 0.25) is 0 Å². The van der Waals surface area contributed by atoms with E-state index in [9.17, 15) is 9.59 Å². The number of hydrogen-bond donors (Lipinski definition) is 1. The molecule has 0 unspecified atom stereocenters. The fourth-order valence-corrected chi connectivity index (χ4v) is 1.87. The van der Waals surface area contributed by atoms with Crippen LogP contribution >= 0.6 is 0 Å². The van der Waals surface area contributed by atoms with Gasteiger partial charge in [-0.3, -0.25) is 9.59 Å². The lowest BCUT2D eigenvalue weighted by molar-refractivity contribution is -0.143. The molecule has 19 heavy (non-hydrogen) atoms. The van der Waals surface area contributed by atoms with Gasteiger partial charge in [-0.2, -0.15) is 0 Å². The summed E-state index contributed by atoms with van der Waals surface area (Å²) in [6, 6.07) is 9.41. The smallest absolute Gasteiger partial charge is 0.325 e. The Balaban J connectivity index is 2.12. The molecule has 1 N–H and O–H groups in total. The molecule has 0 atom stereocenters. The Labute approximate surface area is 111 Å². The summed E-state index contributed by atoms with van der Waals surface area (Å²) in [6.45, 7) is 1.99. The Kier molecular flexibility index (Phi) is 3.85. The van der Waals surface area contributed by atoms with Crippen molar-refractivity contribution in [3.8, 4) is 0 Å². The van der Waals surface area contributed by atoms with Crippen molar-refractivity contribution in [1.29, 1.82) is 0 Å². The zero-order valence-electron chi connectivity index (χ0n) is 11.0. The maximum absolute atomic E-state index is 12.1. The van der Waals surface area contributed by atoms with Gasteiger partial charge in [0.15, 0.2) is 0 Å². The van der Waals surface area contributed by atoms with Gasteiger partial charge in [0.25, 0.3) is 5.91 Å². The highest BCUT2D eigenvalue weighted by molar-refractivity contribution is 5.99. The molecule has 2 rings (SSSR count). The molecule has 0 aliphatic heterocycles. The first kappa shape index (κ1) is 13.1. The van der Waals surface area contributed by atoms with E-state index in [4.69, 9.17) is 4.74 Å². The van der Waals surface area contributed by atoms with Crippen molar-refractivity contribution < 1.29 is 14.3 Å². The molecule has 0 spiro atoms. The van der Waals surface area contributed by atoms with E-state index in [-0.39, 0.29) is 12.5 Å². The number of hydrogen-bond acceptors (Lipinski definition) is 3. The quantitative estimate of drug-likeness (QED) is 0.853. The second-order valence-electron chi connectivity index (χ2n) is 4.24. The number of amides is 1. The first-order valence-corrected chi connectivity index (χ1v) is 6.10. The highest BCUT2D eigenvalue weighted by Gasteiger charge is 2.17. The summed E-state index contributed by atoms with van der Waals surface area (Å²) in [5.41, 5.74) is 1.36. The normalized spacial score (nSPS) is 10.4. The molecular weight excluding hydrogens is 244 g/mol. The average Bonchev–Trinajstić information content (AvgIpc) is 2.81. The lowest BCUT2D eigenvalue weighted by Gasteiger charge is -2.14. The van der Waals surface area contributed by atoms with Gasteiger partial charge in [-0.05, 0) is 19.1 Å². The maximum atomic E-state index is 12.1. The van der Waals surface area contributed by atoms with Crippen LogP contribution in [0, 0.1) is 0 Å². The number of nitrogens with zero attached hydrogens (tertiary/aromatic N) is 1. The van der Waals surface area contributed by atoms with Crippen molar-refractivity contribution >= 4 is 22.8 Å². The van der Waals surface area contributed by atoms with Gasteiger partial charge in [0.2, 0.25) is 0 Å². The van der Waals surface area contributed by atoms with Crippen molar-refractivity contribution in [2.24, 2.45) is 0 Å². The van der Waals surface area contributed by atoms with Crippen LogP contribution in [0.15, 0.2) is 30.3 Å². The van der Waals surface area contributed by atoms with Crippen LogP contribution in [0.4, 0.5) is 0 Å². The Morgan fingerprint density at radius 1 is 1.32 bits per heavy atom. The van der Waals surface area contributed by atoms with Crippen molar-refractivity contribution in [2.45, 2.75) is 6.92 Å². The van der Waals surface area contributed by atoms with E-state index in [2.05, 4.69) is 4.98 Å². The Morgan fingerprint density at radius 3 is 2.74 bits per heavy atom. The fraction of sp³-hybridized carbons (Fsp3) is 0.286. The lowest BCUT2D eigenvalue weighted by atomic mass is 10.2. The van der Waals surface area contributed by atoms with Gasteiger partial charge in [0, 0.05) is 18.0 Å². The number of nitrogens with one attached hydrogen (secondary N) is 1. The van der Waals surface area contributed by atoms with Crippen LogP contribution in [0.25, 0.3) is 10.9 Å². The van der Waals surface area contributed by atoms with E-state index in [1.165, 1.54) is 4.90 Å². The van der Waals surface area contributed by atoms with Crippen molar-refractivity contribution in [1.82, 2.24) is 9.88 Å². The molecule has 0 aliphatic rings. The third kappa shape index (κ3) is 2.93. The van der Waals surface area contributed by atoms with Crippen molar-refractivity contribution in [2.75, 3.05) is 20.2 Å². The number of carbonyl (C=O) groups excluding carboxylic acids is 2. The number of fused-ring (bicyclic) bond motifs is 1. The summed E-state index contributed by atoms with van der Waals surface area (Å²) >= 11 is 0. The van der Waals surface area contributed by atoms with Crippen molar-refractivity contribution in [3.05, 3.63) is 36.0 Å². The number of likely N-dealkylation sites (N-methyl/N-ethyl adjacent to an activating group) is 1. The first-order valence-electron chi connectivity index (χ1n) is 6.10. The molecular formula is C14H16N2O3. The highest BCUT2D eigenvalue weighted by Crippen LogP contribution is 2.15. The number of carbonyl (C=O) groups is 2. The average molecular weight is 260 g/mol. The Hall–Kier alpha value is -2.30. The SMILES string of the molecule is CCOC(=O)CN(C)C(=O)c1cc2ccccc2[nH]1. The lowest BCUT2D eigenvalue weighted by Crippen LogP contribution is -2.33. The molecule has 0 fully saturated rings. The molecule has 2 aromatic rings. The van der Waals surface area contributed by atoms with Crippen LogP contribution in [0.3, 0.4) is 0 Å². The molecule has 100 valence electrons. The zero-order valence-corrected chi connectivity index (χ0v) is 11.0. The van der Waals surface area contributed by atoms with Gasteiger partial charge in [-0.15, -0.1) is 0 Å². The summed E-state index contributed by atoms with van der Waals surface area (Å²) in [4.78, 5) is 27.9. The van der Waals surface area contributed by atoms with Gasteiger partial charge in [0.1, 0.15) is 12.2 Å². The highest BCUT2D eigenvalue weighted by atomic mass is 16.5. The van der Waals surface area contributed by atoms with Gasteiger partial charge < -0.3 is 14.6 Å². The van der Waals surface area contributed by atoms with E-state index in [0.717, 1.165) is 10.9 Å². The molecule has 0 aliphatic carbocycles. The van der Waals surface area contributed by atoms with E-state index >= 15 is 0 Å². The number of ether oxygens (including phenoxy) is 1. The number of aromatic amines is 1. The van der Waals surface area contributed by atoms with Crippen molar-refractivity contribution in [3.63, 3.8) is 0 Å². The minimum atomic E-state index is -0.408. The molecule has 0 saturated carbocycles. The maximum Gasteiger partial charge on any atom is 0.325 e. The predicted octanol–water partition coefficient (Wildman–Crippen LogP) is 1.80. The number of para-hydroxylation sites is 1. The molecule has 1 aromatic heterocycles. The van der Waals surface area contributed by atoms with Crippen LogP contribution in [0.1, 0.15) is 17.4 Å². The van der Waals surface area contributed by atoms with E-state index in [1.54, 1.807) is 20.0 Å².